The Morgan fingerprint density at radius 1 is 1.26 bits per heavy atom. The van der Waals surface area contributed by atoms with Gasteiger partial charge in [-0.25, -0.2) is 4.79 Å². The number of aromatic nitrogens is 2. The molecule has 7 heteroatoms. The van der Waals surface area contributed by atoms with Gasteiger partial charge in [-0.3, -0.25) is 0 Å². The van der Waals surface area contributed by atoms with Crippen LogP contribution in [0.2, 0.25) is 5.15 Å². The number of likely N-dealkylation sites (tertiary alicyclic amines) is 1. The second-order valence-electron chi connectivity index (χ2n) is 7.46. The minimum Gasteiger partial charge on any atom is -0.444 e. The van der Waals surface area contributed by atoms with E-state index in [4.69, 9.17) is 16.3 Å². The highest BCUT2D eigenvalue weighted by Crippen LogP contribution is 2.39. The summed E-state index contributed by atoms with van der Waals surface area (Å²) in [7, 11) is 0. The molecule has 0 radical (unpaired) electrons. The molecule has 6 nitrogen and oxygen atoms in total. The molecule has 2 aliphatic rings. The van der Waals surface area contributed by atoms with Crippen molar-refractivity contribution in [1.29, 1.82) is 0 Å². The van der Waals surface area contributed by atoms with E-state index in [-0.39, 0.29) is 6.09 Å². The summed E-state index contributed by atoms with van der Waals surface area (Å²) in [6.07, 6.45) is 1.88. The lowest BCUT2D eigenvalue weighted by atomic mass is 10.0. The van der Waals surface area contributed by atoms with Crippen molar-refractivity contribution in [2.75, 3.05) is 18.4 Å². The van der Waals surface area contributed by atoms with Gasteiger partial charge in [0.2, 0.25) is 0 Å². The molecule has 2 unspecified atom stereocenters. The summed E-state index contributed by atoms with van der Waals surface area (Å²) < 4.78 is 5.46. The fourth-order valence-electron chi connectivity index (χ4n) is 3.50. The monoisotopic (exact) mass is 338 g/mol. The number of carbonyl (C=O) groups is 1. The fourth-order valence-corrected chi connectivity index (χ4v) is 3.60. The van der Waals surface area contributed by atoms with E-state index in [0.29, 0.717) is 23.0 Å². The summed E-state index contributed by atoms with van der Waals surface area (Å²) >= 11 is 5.75. The molecule has 23 heavy (non-hydrogen) atoms. The third-order valence-corrected chi connectivity index (χ3v) is 4.59. The predicted octanol–water partition coefficient (Wildman–Crippen LogP) is 3.19. The van der Waals surface area contributed by atoms with E-state index >= 15 is 0 Å². The van der Waals surface area contributed by atoms with Gasteiger partial charge in [-0.05, 0) is 57.6 Å². The lowest BCUT2D eigenvalue weighted by Crippen LogP contribution is -2.36. The van der Waals surface area contributed by atoms with Crippen LogP contribution >= 0.6 is 11.6 Å². The SMILES string of the molecule is CC(C)(C)OC(=O)N1CC2CC(Nc3ccc(Cl)nn3)C[C@H]2C1. The minimum atomic E-state index is -0.438. The van der Waals surface area contributed by atoms with E-state index < -0.39 is 5.60 Å². The molecular formula is C16H23ClN4O2. The van der Waals surface area contributed by atoms with Crippen LogP contribution in [0.1, 0.15) is 33.6 Å². The van der Waals surface area contributed by atoms with Crippen LogP contribution in [-0.4, -0.2) is 45.9 Å². The number of carbonyl (C=O) groups excluding carboxylic acids is 1. The molecule has 1 aliphatic heterocycles. The normalized spacial score (nSPS) is 27.0. The van der Waals surface area contributed by atoms with Crippen LogP contribution in [0.4, 0.5) is 10.6 Å². The van der Waals surface area contributed by atoms with Gasteiger partial charge in [0.05, 0.1) is 0 Å². The van der Waals surface area contributed by atoms with Gasteiger partial charge >= 0.3 is 6.09 Å². The maximum Gasteiger partial charge on any atom is 0.410 e. The second-order valence-corrected chi connectivity index (χ2v) is 7.85. The highest BCUT2D eigenvalue weighted by atomic mass is 35.5. The summed E-state index contributed by atoms with van der Waals surface area (Å²) in [5.74, 6) is 1.81. The lowest BCUT2D eigenvalue weighted by molar-refractivity contribution is 0.0280. The number of rotatable bonds is 2. The van der Waals surface area contributed by atoms with Gasteiger partial charge in [0.1, 0.15) is 11.4 Å². The molecule has 1 aromatic rings. The van der Waals surface area contributed by atoms with E-state index in [1.54, 1.807) is 6.07 Å². The highest BCUT2D eigenvalue weighted by Gasteiger charge is 2.43. The average molecular weight is 339 g/mol. The van der Waals surface area contributed by atoms with Crippen LogP contribution in [0, 0.1) is 11.8 Å². The zero-order valence-electron chi connectivity index (χ0n) is 13.8. The van der Waals surface area contributed by atoms with Crippen LogP contribution in [0.5, 0.6) is 0 Å². The molecular weight excluding hydrogens is 316 g/mol. The largest absolute Gasteiger partial charge is 0.444 e. The maximum absolute atomic E-state index is 12.2. The van der Waals surface area contributed by atoms with Crippen LogP contribution in [-0.2, 0) is 4.74 Å². The molecule has 1 saturated carbocycles. The average Bonchev–Trinajstić information content (AvgIpc) is 2.97. The number of nitrogens with one attached hydrogen (secondary N) is 1. The molecule has 1 amide bonds. The van der Waals surface area contributed by atoms with Crippen molar-refractivity contribution in [1.82, 2.24) is 15.1 Å². The molecule has 126 valence electrons. The van der Waals surface area contributed by atoms with E-state index in [0.717, 1.165) is 31.7 Å². The van der Waals surface area contributed by atoms with Crippen molar-refractivity contribution < 1.29 is 9.53 Å². The van der Waals surface area contributed by atoms with Crippen molar-refractivity contribution in [3.8, 4) is 0 Å². The van der Waals surface area contributed by atoms with E-state index in [9.17, 15) is 4.79 Å². The molecule has 1 aliphatic carbocycles. The van der Waals surface area contributed by atoms with Crippen molar-refractivity contribution in [2.45, 2.75) is 45.3 Å². The highest BCUT2D eigenvalue weighted by molar-refractivity contribution is 6.29. The zero-order chi connectivity index (χ0) is 16.6. The van der Waals surface area contributed by atoms with Crippen molar-refractivity contribution >= 4 is 23.5 Å². The van der Waals surface area contributed by atoms with Gasteiger partial charge in [-0.2, -0.15) is 0 Å². The number of anilines is 1. The molecule has 0 aromatic carbocycles. The van der Waals surface area contributed by atoms with Crippen LogP contribution in [0.25, 0.3) is 0 Å². The molecule has 2 heterocycles. The third-order valence-electron chi connectivity index (χ3n) is 4.39. The first kappa shape index (κ1) is 16.3. The number of hydrogen-bond acceptors (Lipinski definition) is 5. The Kier molecular flexibility index (Phi) is 4.36. The Hall–Kier alpha value is -1.56. The van der Waals surface area contributed by atoms with Gasteiger partial charge in [-0.15, -0.1) is 10.2 Å². The first-order chi connectivity index (χ1) is 10.8. The number of halogens is 1. The summed E-state index contributed by atoms with van der Waals surface area (Å²) in [6, 6.07) is 3.95. The first-order valence-corrected chi connectivity index (χ1v) is 8.41. The quantitative estimate of drug-likeness (QED) is 0.897. The number of fused-ring (bicyclic) bond motifs is 1. The smallest absolute Gasteiger partial charge is 0.410 e. The first-order valence-electron chi connectivity index (χ1n) is 8.04. The van der Waals surface area contributed by atoms with Crippen LogP contribution in [0.3, 0.4) is 0 Å². The van der Waals surface area contributed by atoms with Gasteiger partial charge in [0, 0.05) is 19.1 Å². The van der Waals surface area contributed by atoms with Crippen LogP contribution in [0.15, 0.2) is 12.1 Å². The fraction of sp³-hybridized carbons (Fsp3) is 0.688. The van der Waals surface area contributed by atoms with Crippen LogP contribution < -0.4 is 5.32 Å². The minimum absolute atomic E-state index is 0.194. The molecule has 3 rings (SSSR count). The zero-order valence-corrected chi connectivity index (χ0v) is 14.5. The van der Waals surface area contributed by atoms with Gasteiger partial charge in [0.25, 0.3) is 0 Å². The Bertz CT molecular complexity index is 558. The standard InChI is InChI=1S/C16H23ClN4O2/c1-16(2,3)23-15(22)21-8-10-6-12(7-11(10)9-21)18-14-5-4-13(17)19-20-14/h4-5,10-12H,6-9H2,1-3H3,(H,18,20)/t10-,11?,12?/m0/s1. The van der Waals surface area contributed by atoms with E-state index in [1.165, 1.54) is 0 Å². The number of hydrogen-bond donors (Lipinski definition) is 1. The number of nitrogens with zero attached hydrogens (tertiary/aromatic N) is 3. The molecule has 2 fully saturated rings. The van der Waals surface area contributed by atoms with Crippen molar-refractivity contribution in [3.63, 3.8) is 0 Å². The summed E-state index contributed by atoms with van der Waals surface area (Å²) in [4.78, 5) is 14.0. The Morgan fingerprint density at radius 3 is 2.43 bits per heavy atom. The predicted molar refractivity (Wildman–Crippen MR) is 88.5 cm³/mol. The second kappa shape index (κ2) is 6.15. The molecule has 3 atom stereocenters. The van der Waals surface area contributed by atoms with Crippen molar-refractivity contribution in [3.05, 3.63) is 17.3 Å². The summed E-state index contributed by atoms with van der Waals surface area (Å²) in [5.41, 5.74) is -0.438. The number of amides is 1. The lowest BCUT2D eigenvalue weighted by Gasteiger charge is -2.25. The van der Waals surface area contributed by atoms with Crippen molar-refractivity contribution in [2.24, 2.45) is 11.8 Å². The Labute approximate surface area is 141 Å². The Morgan fingerprint density at radius 2 is 1.91 bits per heavy atom. The molecule has 1 aromatic heterocycles. The van der Waals surface area contributed by atoms with E-state index in [1.807, 2.05) is 31.7 Å². The molecule has 0 bridgehead atoms. The van der Waals surface area contributed by atoms with Gasteiger partial charge < -0.3 is 15.0 Å². The number of ether oxygens (including phenoxy) is 1. The summed E-state index contributed by atoms with van der Waals surface area (Å²) in [6.45, 7) is 7.26. The van der Waals surface area contributed by atoms with E-state index in [2.05, 4.69) is 15.5 Å². The summed E-state index contributed by atoms with van der Waals surface area (Å²) in [5, 5.41) is 11.7. The molecule has 0 spiro atoms. The maximum atomic E-state index is 12.2. The van der Waals surface area contributed by atoms with Gasteiger partial charge in [0.15, 0.2) is 5.15 Å². The third kappa shape index (κ3) is 4.05. The molecule has 1 saturated heterocycles. The topological polar surface area (TPSA) is 67.3 Å². The van der Waals surface area contributed by atoms with Gasteiger partial charge in [-0.1, -0.05) is 11.6 Å². The molecule has 1 N–H and O–H groups in total. The Balaban J connectivity index is 1.51.